The van der Waals surface area contributed by atoms with E-state index >= 15 is 0 Å². The van der Waals surface area contributed by atoms with Crippen molar-refractivity contribution in [3.05, 3.63) is 28.1 Å². The lowest BCUT2D eigenvalue weighted by molar-refractivity contribution is -0.384. The number of nitro groups is 1. The summed E-state index contributed by atoms with van der Waals surface area (Å²) in [5.74, 6) is 0.359. The lowest BCUT2D eigenvalue weighted by atomic mass is 10.2. The van der Waals surface area contributed by atoms with Crippen LogP contribution in [0.2, 0.25) is 0 Å². The Bertz CT molecular complexity index is 396. The second kappa shape index (κ2) is 3.20. The molecule has 1 aromatic heterocycles. The highest BCUT2D eigenvalue weighted by molar-refractivity contribution is 9.09. The average molecular weight is 258 g/mol. The van der Waals surface area contributed by atoms with Crippen LogP contribution in [0.1, 0.15) is 18.0 Å². The second-order valence-electron chi connectivity index (χ2n) is 3.28. The zero-order valence-electron chi connectivity index (χ0n) is 7.18. The van der Waals surface area contributed by atoms with Gasteiger partial charge in [-0.05, 0) is 12.5 Å². The van der Waals surface area contributed by atoms with Gasteiger partial charge in [-0.1, -0.05) is 15.9 Å². The number of nitrogen functional groups attached to an aromatic ring is 1. The van der Waals surface area contributed by atoms with E-state index in [1.54, 1.807) is 6.07 Å². The standard InChI is InChI=1S/C8H8BrN3O2/c9-5-1-4(5)7-2-6(10)8(3-11-7)12(13)14/h2-5H,1H2,(H2,10,11). The monoisotopic (exact) mass is 257 g/mol. The van der Waals surface area contributed by atoms with Gasteiger partial charge < -0.3 is 5.73 Å². The van der Waals surface area contributed by atoms with Crippen LogP contribution in [0.4, 0.5) is 11.4 Å². The van der Waals surface area contributed by atoms with Gasteiger partial charge in [0.25, 0.3) is 0 Å². The van der Waals surface area contributed by atoms with Gasteiger partial charge in [0.05, 0.1) is 4.92 Å². The number of pyridine rings is 1. The zero-order valence-corrected chi connectivity index (χ0v) is 8.77. The fourth-order valence-electron chi connectivity index (χ4n) is 1.31. The van der Waals surface area contributed by atoms with E-state index in [0.717, 1.165) is 12.1 Å². The quantitative estimate of drug-likeness (QED) is 0.498. The predicted molar refractivity (Wildman–Crippen MR) is 55.4 cm³/mol. The van der Waals surface area contributed by atoms with Crippen molar-refractivity contribution in [3.8, 4) is 0 Å². The summed E-state index contributed by atoms with van der Waals surface area (Å²) < 4.78 is 0. The van der Waals surface area contributed by atoms with Gasteiger partial charge in [0.15, 0.2) is 0 Å². The Labute approximate surface area is 88.6 Å². The molecule has 1 saturated carbocycles. The van der Waals surface area contributed by atoms with Crippen molar-refractivity contribution in [1.29, 1.82) is 0 Å². The van der Waals surface area contributed by atoms with E-state index in [1.807, 2.05) is 0 Å². The summed E-state index contributed by atoms with van der Waals surface area (Å²) in [6.45, 7) is 0. The third-order valence-corrected chi connectivity index (χ3v) is 3.24. The van der Waals surface area contributed by atoms with E-state index in [2.05, 4.69) is 20.9 Å². The molecule has 5 nitrogen and oxygen atoms in total. The van der Waals surface area contributed by atoms with Crippen LogP contribution in [0.3, 0.4) is 0 Å². The minimum absolute atomic E-state index is 0.125. The van der Waals surface area contributed by atoms with E-state index in [9.17, 15) is 10.1 Å². The molecule has 74 valence electrons. The van der Waals surface area contributed by atoms with Crippen molar-refractivity contribution < 1.29 is 4.92 Å². The van der Waals surface area contributed by atoms with Crippen molar-refractivity contribution >= 4 is 27.3 Å². The summed E-state index contributed by atoms with van der Waals surface area (Å²) in [6.07, 6.45) is 2.24. The molecule has 1 aliphatic rings. The molecule has 2 unspecified atom stereocenters. The molecule has 0 saturated heterocycles. The molecule has 1 heterocycles. The maximum Gasteiger partial charge on any atom is 0.310 e. The molecule has 0 spiro atoms. The molecule has 0 aliphatic heterocycles. The first-order chi connectivity index (χ1) is 6.59. The number of nitrogens with zero attached hydrogens (tertiary/aromatic N) is 2. The van der Waals surface area contributed by atoms with Crippen molar-refractivity contribution in [3.63, 3.8) is 0 Å². The van der Waals surface area contributed by atoms with Gasteiger partial charge in [-0.2, -0.15) is 0 Å². The van der Waals surface area contributed by atoms with Crippen LogP contribution < -0.4 is 5.73 Å². The van der Waals surface area contributed by atoms with E-state index in [1.165, 1.54) is 6.20 Å². The van der Waals surface area contributed by atoms with E-state index in [4.69, 9.17) is 5.73 Å². The molecule has 2 N–H and O–H groups in total. The van der Waals surface area contributed by atoms with Crippen molar-refractivity contribution in [2.45, 2.75) is 17.2 Å². The number of hydrogen-bond donors (Lipinski definition) is 1. The summed E-state index contributed by atoms with van der Waals surface area (Å²) >= 11 is 3.44. The summed E-state index contributed by atoms with van der Waals surface area (Å²) in [5.41, 5.74) is 6.43. The number of nitrogens with two attached hydrogens (primary N) is 1. The highest BCUT2D eigenvalue weighted by atomic mass is 79.9. The SMILES string of the molecule is Nc1cc(C2CC2Br)ncc1[N+](=O)[O-]. The minimum Gasteiger partial charge on any atom is -0.393 e. The molecule has 2 rings (SSSR count). The first-order valence-corrected chi connectivity index (χ1v) is 5.05. The molecule has 1 fully saturated rings. The normalized spacial score (nSPS) is 24.6. The maximum atomic E-state index is 10.5. The van der Waals surface area contributed by atoms with Gasteiger partial charge in [0, 0.05) is 16.4 Å². The number of rotatable bonds is 2. The van der Waals surface area contributed by atoms with Gasteiger partial charge in [-0.25, -0.2) is 0 Å². The van der Waals surface area contributed by atoms with E-state index in [-0.39, 0.29) is 11.4 Å². The Morgan fingerprint density at radius 2 is 2.36 bits per heavy atom. The fourth-order valence-corrected chi connectivity index (χ4v) is 1.98. The first kappa shape index (κ1) is 9.39. The molecule has 1 aliphatic carbocycles. The Hall–Kier alpha value is -1.17. The predicted octanol–water partition coefficient (Wildman–Crippen LogP) is 1.82. The van der Waals surface area contributed by atoms with Crippen molar-refractivity contribution in [2.24, 2.45) is 0 Å². The third kappa shape index (κ3) is 1.57. The molecule has 1 aromatic rings. The minimum atomic E-state index is -0.523. The zero-order chi connectivity index (χ0) is 10.3. The molecule has 0 aromatic carbocycles. The number of alkyl halides is 1. The topological polar surface area (TPSA) is 82.0 Å². The van der Waals surface area contributed by atoms with Gasteiger partial charge in [0.1, 0.15) is 11.9 Å². The Balaban J connectivity index is 2.31. The van der Waals surface area contributed by atoms with Gasteiger partial charge in [0.2, 0.25) is 0 Å². The summed E-state index contributed by atoms with van der Waals surface area (Å²) in [5, 5.41) is 10.5. The molecule has 0 bridgehead atoms. The van der Waals surface area contributed by atoms with Crippen LogP contribution in [0.5, 0.6) is 0 Å². The smallest absolute Gasteiger partial charge is 0.310 e. The molecule has 6 heteroatoms. The van der Waals surface area contributed by atoms with Crippen LogP contribution >= 0.6 is 15.9 Å². The van der Waals surface area contributed by atoms with Crippen molar-refractivity contribution in [1.82, 2.24) is 4.98 Å². The average Bonchev–Trinajstić information content (AvgIpc) is 2.81. The fraction of sp³-hybridized carbons (Fsp3) is 0.375. The van der Waals surface area contributed by atoms with Gasteiger partial charge >= 0.3 is 5.69 Å². The summed E-state index contributed by atoms with van der Waals surface area (Å²) in [4.78, 5) is 14.4. The van der Waals surface area contributed by atoms with Crippen LogP contribution in [-0.2, 0) is 0 Å². The van der Waals surface area contributed by atoms with Gasteiger partial charge in [-0.3, -0.25) is 15.1 Å². The highest BCUT2D eigenvalue weighted by Crippen LogP contribution is 2.46. The Morgan fingerprint density at radius 3 is 2.79 bits per heavy atom. The first-order valence-electron chi connectivity index (χ1n) is 4.13. The molecule has 14 heavy (non-hydrogen) atoms. The molecular weight excluding hydrogens is 250 g/mol. The summed E-state index contributed by atoms with van der Waals surface area (Å²) in [7, 11) is 0. The highest BCUT2D eigenvalue weighted by Gasteiger charge is 2.37. The molecule has 2 atom stereocenters. The number of hydrogen-bond acceptors (Lipinski definition) is 4. The van der Waals surface area contributed by atoms with Crippen molar-refractivity contribution in [2.75, 3.05) is 5.73 Å². The number of aromatic nitrogens is 1. The Kier molecular flexibility index (Phi) is 2.14. The van der Waals surface area contributed by atoms with Crippen LogP contribution in [0.25, 0.3) is 0 Å². The van der Waals surface area contributed by atoms with Crippen LogP contribution in [-0.4, -0.2) is 14.7 Å². The third-order valence-electron chi connectivity index (χ3n) is 2.22. The second-order valence-corrected chi connectivity index (χ2v) is 4.46. The number of halogens is 1. The van der Waals surface area contributed by atoms with E-state index < -0.39 is 4.92 Å². The molecular formula is C8H8BrN3O2. The summed E-state index contributed by atoms with van der Waals surface area (Å²) in [6, 6.07) is 1.59. The molecule has 0 amide bonds. The van der Waals surface area contributed by atoms with E-state index in [0.29, 0.717) is 10.7 Å². The Morgan fingerprint density at radius 1 is 1.71 bits per heavy atom. The lowest BCUT2D eigenvalue weighted by Crippen LogP contribution is -1.99. The maximum absolute atomic E-state index is 10.5. The van der Waals surface area contributed by atoms with Crippen LogP contribution in [0, 0.1) is 10.1 Å². The van der Waals surface area contributed by atoms with Crippen LogP contribution in [0.15, 0.2) is 12.3 Å². The van der Waals surface area contributed by atoms with Gasteiger partial charge in [-0.15, -0.1) is 0 Å². The lowest BCUT2D eigenvalue weighted by Gasteiger charge is -2.00. The number of anilines is 1. The molecule has 0 radical (unpaired) electrons. The largest absolute Gasteiger partial charge is 0.393 e.